The van der Waals surface area contributed by atoms with Crippen LogP contribution in [-0.4, -0.2) is 30.6 Å². The third-order valence-electron chi connectivity index (χ3n) is 3.10. The average molecular weight is 214 g/mol. The number of rotatable bonds is 8. The monoisotopic (exact) mass is 214 g/mol. The van der Waals surface area contributed by atoms with Crippen molar-refractivity contribution in [3.63, 3.8) is 0 Å². The zero-order valence-corrected chi connectivity index (χ0v) is 11.3. The van der Waals surface area contributed by atoms with Crippen molar-refractivity contribution in [2.24, 2.45) is 17.6 Å². The van der Waals surface area contributed by atoms with Crippen LogP contribution in [0.2, 0.25) is 0 Å². The first-order valence-electron chi connectivity index (χ1n) is 6.45. The van der Waals surface area contributed by atoms with Crippen molar-refractivity contribution >= 4 is 0 Å². The lowest BCUT2D eigenvalue weighted by atomic mass is 9.94. The highest BCUT2D eigenvalue weighted by Gasteiger charge is 2.12. The fraction of sp³-hybridized carbons (Fsp3) is 1.00. The molecule has 1 unspecified atom stereocenters. The molecule has 0 saturated heterocycles. The lowest BCUT2D eigenvalue weighted by molar-refractivity contribution is 0.210. The van der Waals surface area contributed by atoms with E-state index in [4.69, 9.17) is 5.73 Å². The molecule has 0 heterocycles. The molecule has 92 valence electrons. The van der Waals surface area contributed by atoms with Crippen LogP contribution in [0.1, 0.15) is 47.5 Å². The highest BCUT2D eigenvalue weighted by molar-refractivity contribution is 4.67. The molecule has 0 aliphatic heterocycles. The summed E-state index contributed by atoms with van der Waals surface area (Å²) in [6, 6.07) is 0.660. The SMILES string of the molecule is CCN(CCC(CN)CC(C)C)C(C)C. The highest BCUT2D eigenvalue weighted by Crippen LogP contribution is 2.15. The summed E-state index contributed by atoms with van der Waals surface area (Å²) >= 11 is 0. The lowest BCUT2D eigenvalue weighted by Gasteiger charge is -2.27. The fourth-order valence-electron chi connectivity index (χ4n) is 2.13. The van der Waals surface area contributed by atoms with Crippen molar-refractivity contribution in [1.29, 1.82) is 0 Å². The maximum absolute atomic E-state index is 5.81. The average Bonchev–Trinajstić information content (AvgIpc) is 2.15. The van der Waals surface area contributed by atoms with Crippen LogP contribution in [0, 0.1) is 11.8 Å². The van der Waals surface area contributed by atoms with Gasteiger partial charge in [-0.3, -0.25) is 0 Å². The van der Waals surface area contributed by atoms with Crippen LogP contribution < -0.4 is 5.73 Å². The van der Waals surface area contributed by atoms with E-state index in [1.54, 1.807) is 0 Å². The molecule has 0 bridgehead atoms. The van der Waals surface area contributed by atoms with Crippen molar-refractivity contribution < 1.29 is 0 Å². The molecular weight excluding hydrogens is 184 g/mol. The second-order valence-corrected chi connectivity index (χ2v) is 5.24. The van der Waals surface area contributed by atoms with Crippen LogP contribution in [0.25, 0.3) is 0 Å². The Morgan fingerprint density at radius 3 is 2.07 bits per heavy atom. The van der Waals surface area contributed by atoms with Gasteiger partial charge in [0.25, 0.3) is 0 Å². The Kier molecular flexibility index (Phi) is 8.07. The Labute approximate surface area is 96.2 Å². The second-order valence-electron chi connectivity index (χ2n) is 5.24. The van der Waals surface area contributed by atoms with Crippen LogP contribution in [0.5, 0.6) is 0 Å². The molecule has 0 aromatic carbocycles. The first-order chi connectivity index (χ1) is 7.01. The van der Waals surface area contributed by atoms with Crippen molar-refractivity contribution in [2.75, 3.05) is 19.6 Å². The van der Waals surface area contributed by atoms with Gasteiger partial charge in [-0.25, -0.2) is 0 Å². The summed E-state index contributed by atoms with van der Waals surface area (Å²) < 4.78 is 0. The van der Waals surface area contributed by atoms with Gasteiger partial charge in [0.05, 0.1) is 0 Å². The Morgan fingerprint density at radius 2 is 1.73 bits per heavy atom. The van der Waals surface area contributed by atoms with E-state index in [1.165, 1.54) is 19.4 Å². The molecule has 0 aromatic heterocycles. The van der Waals surface area contributed by atoms with Crippen molar-refractivity contribution in [1.82, 2.24) is 4.90 Å². The minimum atomic E-state index is 0.660. The topological polar surface area (TPSA) is 29.3 Å². The largest absolute Gasteiger partial charge is 0.330 e. The van der Waals surface area contributed by atoms with Crippen molar-refractivity contribution in [2.45, 2.75) is 53.5 Å². The zero-order chi connectivity index (χ0) is 11.8. The summed E-state index contributed by atoms with van der Waals surface area (Å²) in [7, 11) is 0. The zero-order valence-electron chi connectivity index (χ0n) is 11.3. The molecule has 0 radical (unpaired) electrons. The Bertz CT molecular complexity index is 143. The summed E-state index contributed by atoms with van der Waals surface area (Å²) in [6.45, 7) is 14.5. The van der Waals surface area contributed by atoms with Crippen LogP contribution in [0.15, 0.2) is 0 Å². The van der Waals surface area contributed by atoms with Gasteiger partial charge in [-0.1, -0.05) is 20.8 Å². The maximum atomic E-state index is 5.81. The lowest BCUT2D eigenvalue weighted by Crippen LogP contribution is -2.33. The Morgan fingerprint density at radius 1 is 1.13 bits per heavy atom. The van der Waals surface area contributed by atoms with E-state index in [0.29, 0.717) is 12.0 Å². The molecule has 0 aliphatic carbocycles. The quantitative estimate of drug-likeness (QED) is 0.673. The van der Waals surface area contributed by atoms with E-state index < -0.39 is 0 Å². The summed E-state index contributed by atoms with van der Waals surface area (Å²) in [5, 5.41) is 0. The molecular formula is C13H30N2. The first-order valence-corrected chi connectivity index (χ1v) is 6.45. The van der Waals surface area contributed by atoms with Gasteiger partial charge in [-0.15, -0.1) is 0 Å². The molecule has 0 aliphatic rings. The number of nitrogens with two attached hydrogens (primary N) is 1. The molecule has 0 fully saturated rings. The predicted octanol–water partition coefficient (Wildman–Crippen LogP) is 2.73. The fourth-order valence-corrected chi connectivity index (χ4v) is 2.13. The van der Waals surface area contributed by atoms with Crippen molar-refractivity contribution in [3.8, 4) is 0 Å². The maximum Gasteiger partial charge on any atom is 0.00384 e. The first kappa shape index (κ1) is 14.9. The molecule has 0 spiro atoms. The molecule has 15 heavy (non-hydrogen) atoms. The molecule has 0 rings (SSSR count). The van der Waals surface area contributed by atoms with Gasteiger partial charge in [0, 0.05) is 6.04 Å². The van der Waals surface area contributed by atoms with E-state index in [9.17, 15) is 0 Å². The van der Waals surface area contributed by atoms with E-state index >= 15 is 0 Å². The normalized spacial score (nSPS) is 14.2. The van der Waals surface area contributed by atoms with Gasteiger partial charge in [-0.05, 0) is 58.2 Å². The van der Waals surface area contributed by atoms with E-state index in [-0.39, 0.29) is 0 Å². The van der Waals surface area contributed by atoms with Crippen LogP contribution >= 0.6 is 0 Å². The van der Waals surface area contributed by atoms with E-state index in [2.05, 4.69) is 39.5 Å². The molecule has 1 atom stereocenters. The van der Waals surface area contributed by atoms with Crippen molar-refractivity contribution in [3.05, 3.63) is 0 Å². The molecule has 0 aromatic rings. The number of hydrogen-bond donors (Lipinski definition) is 1. The standard InChI is InChI=1S/C13H30N2/c1-6-15(12(4)5)8-7-13(10-14)9-11(2)3/h11-13H,6-10,14H2,1-5H3. The Balaban J connectivity index is 3.87. The molecule has 2 nitrogen and oxygen atoms in total. The van der Waals surface area contributed by atoms with Crippen LogP contribution in [0.3, 0.4) is 0 Å². The summed E-state index contributed by atoms with van der Waals surface area (Å²) in [4.78, 5) is 2.52. The number of nitrogens with zero attached hydrogens (tertiary/aromatic N) is 1. The summed E-state index contributed by atoms with van der Waals surface area (Å²) in [5.74, 6) is 1.48. The smallest absolute Gasteiger partial charge is 0.00384 e. The molecule has 2 heteroatoms. The molecule has 2 N–H and O–H groups in total. The van der Waals surface area contributed by atoms with Gasteiger partial charge < -0.3 is 10.6 Å². The van der Waals surface area contributed by atoms with E-state index in [1.807, 2.05) is 0 Å². The van der Waals surface area contributed by atoms with Gasteiger partial charge >= 0.3 is 0 Å². The van der Waals surface area contributed by atoms with Gasteiger partial charge in [0.1, 0.15) is 0 Å². The third-order valence-corrected chi connectivity index (χ3v) is 3.10. The van der Waals surface area contributed by atoms with Gasteiger partial charge in [0.2, 0.25) is 0 Å². The Hall–Kier alpha value is -0.0800. The highest BCUT2D eigenvalue weighted by atomic mass is 15.1. The summed E-state index contributed by atoms with van der Waals surface area (Å²) in [6.07, 6.45) is 2.52. The molecule has 0 amide bonds. The third kappa shape index (κ3) is 6.91. The minimum Gasteiger partial charge on any atom is -0.330 e. The van der Waals surface area contributed by atoms with E-state index in [0.717, 1.165) is 19.0 Å². The van der Waals surface area contributed by atoms with Crippen LogP contribution in [-0.2, 0) is 0 Å². The minimum absolute atomic E-state index is 0.660. The second kappa shape index (κ2) is 8.12. The van der Waals surface area contributed by atoms with Crippen LogP contribution in [0.4, 0.5) is 0 Å². The predicted molar refractivity (Wildman–Crippen MR) is 69.0 cm³/mol. The summed E-state index contributed by atoms with van der Waals surface area (Å²) in [5.41, 5.74) is 5.81. The van der Waals surface area contributed by atoms with Gasteiger partial charge in [0.15, 0.2) is 0 Å². The number of hydrogen-bond acceptors (Lipinski definition) is 2. The molecule has 0 saturated carbocycles. The van der Waals surface area contributed by atoms with Gasteiger partial charge in [-0.2, -0.15) is 0 Å².